The molecule has 4 nitrogen and oxygen atoms in total. The van der Waals surface area contributed by atoms with Crippen molar-refractivity contribution in [2.24, 2.45) is 4.99 Å². The Hall–Kier alpha value is -0.420. The van der Waals surface area contributed by atoms with Gasteiger partial charge in [-0.2, -0.15) is 11.8 Å². The van der Waals surface area contributed by atoms with E-state index in [2.05, 4.69) is 52.8 Å². The van der Waals surface area contributed by atoms with Crippen LogP contribution in [0.2, 0.25) is 0 Å². The molecule has 0 aromatic heterocycles. The fourth-order valence-corrected chi connectivity index (χ4v) is 3.68. The minimum absolute atomic E-state index is 0.334. The molecule has 0 radical (unpaired) electrons. The van der Waals surface area contributed by atoms with E-state index in [9.17, 15) is 0 Å². The monoisotopic (exact) mass is 284 g/mol. The smallest absolute Gasteiger partial charge is 0.193 e. The van der Waals surface area contributed by atoms with Crippen LogP contribution in [0.25, 0.3) is 0 Å². The summed E-state index contributed by atoms with van der Waals surface area (Å²) in [6.45, 7) is 8.91. The second-order valence-electron chi connectivity index (χ2n) is 6.22. The van der Waals surface area contributed by atoms with E-state index in [0.717, 1.165) is 38.2 Å². The average molecular weight is 284 g/mol. The number of nitrogens with one attached hydrogen (secondary N) is 1. The zero-order valence-corrected chi connectivity index (χ0v) is 13.6. The lowest BCUT2D eigenvalue weighted by Crippen LogP contribution is -2.51. The van der Waals surface area contributed by atoms with Gasteiger partial charge < -0.3 is 15.1 Å². The van der Waals surface area contributed by atoms with E-state index in [-0.39, 0.29) is 0 Å². The highest BCUT2D eigenvalue weighted by Crippen LogP contribution is 2.29. The molecule has 1 N–H and O–H groups in total. The fourth-order valence-electron chi connectivity index (χ4n) is 2.57. The third kappa shape index (κ3) is 4.56. The molecule has 0 unspecified atom stereocenters. The SMILES string of the molecule is CN=C(NCCN(C)C1CC1)N1CCSC(C)(C)C1. The Morgan fingerprint density at radius 3 is 2.79 bits per heavy atom. The van der Waals surface area contributed by atoms with Crippen molar-refractivity contribution >= 4 is 17.7 Å². The van der Waals surface area contributed by atoms with Gasteiger partial charge in [0.25, 0.3) is 0 Å². The van der Waals surface area contributed by atoms with Crippen molar-refractivity contribution in [2.75, 3.05) is 46.0 Å². The Labute approximate surface area is 122 Å². The van der Waals surface area contributed by atoms with Crippen molar-refractivity contribution in [1.29, 1.82) is 0 Å². The number of hydrogen-bond donors (Lipinski definition) is 1. The Kier molecular flexibility index (Phi) is 5.01. The lowest BCUT2D eigenvalue weighted by Gasteiger charge is -2.39. The van der Waals surface area contributed by atoms with Crippen molar-refractivity contribution in [2.45, 2.75) is 37.5 Å². The topological polar surface area (TPSA) is 30.9 Å². The minimum Gasteiger partial charge on any atom is -0.355 e. The third-order valence-corrected chi connectivity index (χ3v) is 5.15. The molecular weight excluding hydrogens is 256 g/mol. The third-order valence-electron chi connectivity index (χ3n) is 3.85. The lowest BCUT2D eigenvalue weighted by atomic mass is 10.2. The summed E-state index contributed by atoms with van der Waals surface area (Å²) >= 11 is 2.06. The molecule has 2 fully saturated rings. The molecule has 2 rings (SSSR count). The molecule has 0 bridgehead atoms. The Morgan fingerprint density at radius 2 is 2.21 bits per heavy atom. The Balaban J connectivity index is 1.76. The van der Waals surface area contributed by atoms with Gasteiger partial charge in [0.2, 0.25) is 0 Å². The van der Waals surface area contributed by atoms with Crippen LogP contribution in [-0.4, -0.2) is 72.6 Å². The van der Waals surface area contributed by atoms with Crippen molar-refractivity contribution in [3.63, 3.8) is 0 Å². The van der Waals surface area contributed by atoms with Crippen molar-refractivity contribution in [3.8, 4) is 0 Å². The highest BCUT2D eigenvalue weighted by atomic mass is 32.2. The molecular formula is C14H28N4S. The highest BCUT2D eigenvalue weighted by Gasteiger charge is 2.29. The normalized spacial score (nSPS) is 23.8. The predicted molar refractivity (Wildman–Crippen MR) is 85.1 cm³/mol. The lowest BCUT2D eigenvalue weighted by molar-refractivity contribution is 0.322. The second-order valence-corrected chi connectivity index (χ2v) is 8.02. The number of rotatable bonds is 4. The van der Waals surface area contributed by atoms with Gasteiger partial charge in [-0.25, -0.2) is 0 Å². The first-order valence-electron chi connectivity index (χ1n) is 7.31. The van der Waals surface area contributed by atoms with E-state index < -0.39 is 0 Å². The largest absolute Gasteiger partial charge is 0.355 e. The van der Waals surface area contributed by atoms with E-state index in [1.165, 1.54) is 18.6 Å². The van der Waals surface area contributed by atoms with E-state index in [1.807, 2.05) is 7.05 Å². The zero-order valence-electron chi connectivity index (χ0n) is 12.8. The molecule has 1 aliphatic carbocycles. The van der Waals surface area contributed by atoms with Gasteiger partial charge in [0.15, 0.2) is 5.96 Å². The summed E-state index contributed by atoms with van der Waals surface area (Å²) in [7, 11) is 4.12. The average Bonchev–Trinajstić information content (AvgIpc) is 3.17. The molecule has 0 aromatic carbocycles. The molecule has 1 aliphatic heterocycles. The summed E-state index contributed by atoms with van der Waals surface area (Å²) in [5, 5.41) is 3.52. The molecule has 0 spiro atoms. The van der Waals surface area contributed by atoms with Gasteiger partial charge in [-0.05, 0) is 33.7 Å². The van der Waals surface area contributed by atoms with Gasteiger partial charge in [0.1, 0.15) is 0 Å². The highest BCUT2D eigenvalue weighted by molar-refractivity contribution is 8.00. The van der Waals surface area contributed by atoms with Crippen LogP contribution in [0.1, 0.15) is 26.7 Å². The number of likely N-dealkylation sites (N-methyl/N-ethyl adjacent to an activating group) is 1. The van der Waals surface area contributed by atoms with Crippen molar-refractivity contribution in [3.05, 3.63) is 0 Å². The van der Waals surface area contributed by atoms with Crippen LogP contribution in [-0.2, 0) is 0 Å². The van der Waals surface area contributed by atoms with E-state index in [1.54, 1.807) is 0 Å². The van der Waals surface area contributed by atoms with Gasteiger partial charge in [0, 0.05) is 49.8 Å². The molecule has 1 saturated heterocycles. The van der Waals surface area contributed by atoms with Gasteiger partial charge in [-0.15, -0.1) is 0 Å². The minimum atomic E-state index is 0.334. The molecule has 0 atom stereocenters. The molecule has 110 valence electrons. The van der Waals surface area contributed by atoms with E-state index in [4.69, 9.17) is 0 Å². The molecule has 0 amide bonds. The van der Waals surface area contributed by atoms with Crippen LogP contribution in [0.5, 0.6) is 0 Å². The maximum absolute atomic E-state index is 4.44. The summed E-state index contributed by atoms with van der Waals surface area (Å²) < 4.78 is 0.334. The Bertz CT molecular complexity index is 325. The summed E-state index contributed by atoms with van der Waals surface area (Å²) in [6.07, 6.45) is 2.76. The maximum atomic E-state index is 4.44. The number of thioether (sulfide) groups is 1. The molecule has 1 heterocycles. The van der Waals surface area contributed by atoms with Gasteiger partial charge in [0.05, 0.1) is 0 Å². The first-order chi connectivity index (χ1) is 9.02. The summed E-state index contributed by atoms with van der Waals surface area (Å²) in [5.74, 6) is 2.26. The second kappa shape index (κ2) is 6.35. The van der Waals surface area contributed by atoms with Gasteiger partial charge >= 0.3 is 0 Å². The number of aliphatic imine (C=N–C) groups is 1. The Morgan fingerprint density at radius 1 is 1.47 bits per heavy atom. The maximum Gasteiger partial charge on any atom is 0.193 e. The van der Waals surface area contributed by atoms with Crippen LogP contribution >= 0.6 is 11.8 Å². The molecule has 5 heteroatoms. The van der Waals surface area contributed by atoms with Crippen LogP contribution in [0.3, 0.4) is 0 Å². The molecule has 1 saturated carbocycles. The number of hydrogen-bond acceptors (Lipinski definition) is 3. The summed E-state index contributed by atoms with van der Waals surface area (Å²) in [6, 6.07) is 0.842. The predicted octanol–water partition coefficient (Wildman–Crippen LogP) is 1.48. The van der Waals surface area contributed by atoms with Crippen molar-refractivity contribution in [1.82, 2.24) is 15.1 Å². The zero-order chi connectivity index (χ0) is 13.9. The molecule has 2 aliphatic rings. The van der Waals surface area contributed by atoms with Crippen LogP contribution < -0.4 is 5.32 Å². The van der Waals surface area contributed by atoms with Gasteiger partial charge in [-0.1, -0.05) is 0 Å². The summed E-state index contributed by atoms with van der Waals surface area (Å²) in [4.78, 5) is 9.29. The molecule has 0 aromatic rings. The van der Waals surface area contributed by atoms with Crippen LogP contribution in [0.15, 0.2) is 4.99 Å². The number of guanidine groups is 1. The van der Waals surface area contributed by atoms with E-state index >= 15 is 0 Å². The first-order valence-corrected chi connectivity index (χ1v) is 8.30. The quantitative estimate of drug-likeness (QED) is 0.626. The van der Waals surface area contributed by atoms with Crippen LogP contribution in [0.4, 0.5) is 0 Å². The van der Waals surface area contributed by atoms with Gasteiger partial charge in [-0.3, -0.25) is 4.99 Å². The van der Waals surface area contributed by atoms with Crippen molar-refractivity contribution < 1.29 is 0 Å². The van der Waals surface area contributed by atoms with E-state index in [0.29, 0.717) is 4.75 Å². The summed E-state index contributed by atoms with van der Waals surface area (Å²) in [5.41, 5.74) is 0. The first kappa shape index (κ1) is 15.0. The number of nitrogens with zero attached hydrogens (tertiary/aromatic N) is 3. The molecule has 19 heavy (non-hydrogen) atoms. The fraction of sp³-hybridized carbons (Fsp3) is 0.929. The van der Waals surface area contributed by atoms with Crippen LogP contribution in [0, 0.1) is 0 Å². The standard InChI is InChI=1S/C14H28N4S/c1-14(2)11-18(9-10-19-14)13(15-3)16-7-8-17(4)12-5-6-12/h12H,5-11H2,1-4H3,(H,15,16).